The fourth-order valence-electron chi connectivity index (χ4n) is 3.71. The third-order valence-corrected chi connectivity index (χ3v) is 6.85. The van der Waals surface area contributed by atoms with Gasteiger partial charge >= 0.3 is 6.03 Å². The molecule has 0 fully saturated rings. The van der Waals surface area contributed by atoms with Crippen LogP contribution >= 0.6 is 0 Å². The Morgan fingerprint density at radius 1 is 1.24 bits per heavy atom. The van der Waals surface area contributed by atoms with Gasteiger partial charge in [0, 0.05) is 39.0 Å². The van der Waals surface area contributed by atoms with Crippen LogP contribution in [0.15, 0.2) is 18.2 Å². The molecule has 11 heteroatoms. The molecule has 0 bridgehead atoms. The number of anilines is 1. The second kappa shape index (κ2) is 11.2. The Balaban J connectivity index is 2.45. The van der Waals surface area contributed by atoms with Crippen molar-refractivity contribution in [3.05, 3.63) is 23.8 Å². The van der Waals surface area contributed by atoms with E-state index in [0.29, 0.717) is 11.4 Å². The summed E-state index contributed by atoms with van der Waals surface area (Å²) < 4.78 is 37.8. The minimum Gasteiger partial charge on any atom is -0.491 e. The van der Waals surface area contributed by atoms with E-state index in [-0.39, 0.29) is 55.3 Å². The van der Waals surface area contributed by atoms with Crippen LogP contribution in [-0.2, 0) is 14.8 Å². The van der Waals surface area contributed by atoms with Gasteiger partial charge in [-0.3, -0.25) is 4.79 Å². The van der Waals surface area contributed by atoms with Gasteiger partial charge in [0.2, 0.25) is 10.0 Å². The number of rotatable bonds is 4. The average Bonchev–Trinajstić information content (AvgIpc) is 2.71. The van der Waals surface area contributed by atoms with Gasteiger partial charge in [-0.1, -0.05) is 6.92 Å². The second-order valence-corrected chi connectivity index (χ2v) is 10.8. The fourth-order valence-corrected chi connectivity index (χ4v) is 4.93. The van der Waals surface area contributed by atoms with Gasteiger partial charge in [-0.25, -0.2) is 13.2 Å². The predicted molar refractivity (Wildman–Crippen MR) is 127 cm³/mol. The third kappa shape index (κ3) is 7.31. The van der Waals surface area contributed by atoms with Crippen LogP contribution in [-0.4, -0.2) is 87.9 Å². The maximum atomic E-state index is 13.3. The number of ether oxygens (including phenoxy) is 2. The first-order valence-corrected chi connectivity index (χ1v) is 12.8. The van der Waals surface area contributed by atoms with Crippen molar-refractivity contribution in [2.75, 3.05) is 45.4 Å². The number of carbonyl (C=O) groups is 2. The van der Waals surface area contributed by atoms with Gasteiger partial charge in [0.1, 0.15) is 12.4 Å². The van der Waals surface area contributed by atoms with Crippen LogP contribution in [0.1, 0.15) is 38.1 Å². The van der Waals surface area contributed by atoms with Gasteiger partial charge in [0.15, 0.2) is 0 Å². The molecule has 0 saturated heterocycles. The van der Waals surface area contributed by atoms with E-state index in [0.717, 1.165) is 0 Å². The Labute approximate surface area is 196 Å². The topological polar surface area (TPSA) is 117 Å². The first-order chi connectivity index (χ1) is 15.3. The highest BCUT2D eigenvalue weighted by Gasteiger charge is 2.32. The molecule has 3 atom stereocenters. The van der Waals surface area contributed by atoms with Crippen LogP contribution in [0.5, 0.6) is 5.75 Å². The highest BCUT2D eigenvalue weighted by molar-refractivity contribution is 7.88. The summed E-state index contributed by atoms with van der Waals surface area (Å²) in [6.45, 7) is 7.91. The molecule has 0 spiro atoms. The van der Waals surface area contributed by atoms with Crippen molar-refractivity contribution >= 4 is 27.6 Å². The van der Waals surface area contributed by atoms with E-state index >= 15 is 0 Å². The molecule has 3 amide bonds. The molecule has 0 unspecified atom stereocenters. The van der Waals surface area contributed by atoms with E-state index in [2.05, 4.69) is 10.6 Å². The lowest BCUT2D eigenvalue weighted by Gasteiger charge is -2.34. The molecule has 0 aliphatic carbocycles. The summed E-state index contributed by atoms with van der Waals surface area (Å²) in [7, 11) is -0.298. The molecule has 1 aliphatic heterocycles. The highest BCUT2D eigenvalue weighted by atomic mass is 32.2. The molecule has 0 radical (unpaired) electrons. The first-order valence-electron chi connectivity index (χ1n) is 10.9. The molecule has 186 valence electrons. The van der Waals surface area contributed by atoms with Crippen molar-refractivity contribution in [3.8, 4) is 5.75 Å². The van der Waals surface area contributed by atoms with E-state index < -0.39 is 16.1 Å². The Bertz CT molecular complexity index is 952. The van der Waals surface area contributed by atoms with Gasteiger partial charge < -0.3 is 25.0 Å². The van der Waals surface area contributed by atoms with E-state index in [1.165, 1.54) is 15.5 Å². The summed E-state index contributed by atoms with van der Waals surface area (Å²) in [5, 5.41) is 5.45. The standard InChI is InChI=1S/C22H36N4O6S/c1-14(2)23-22(28)24-17-8-9-19-18(10-17)21(27)25(5)12-20(31-6)15(3)11-26(33(7,29)30)16(4)13-32-19/h8-10,14-16,20H,11-13H2,1-7H3,(H2,23,24,28)/t15-,16+,20+/m1/s1. The molecule has 0 aromatic heterocycles. The number of methoxy groups -OCH3 is 1. The Morgan fingerprint density at radius 3 is 2.48 bits per heavy atom. The lowest BCUT2D eigenvalue weighted by molar-refractivity contribution is 0.0213. The van der Waals surface area contributed by atoms with Gasteiger partial charge in [0.05, 0.1) is 24.0 Å². The predicted octanol–water partition coefficient (Wildman–Crippen LogP) is 1.98. The molecule has 1 aromatic carbocycles. The van der Waals surface area contributed by atoms with Crippen molar-refractivity contribution in [3.63, 3.8) is 0 Å². The van der Waals surface area contributed by atoms with Crippen molar-refractivity contribution in [1.29, 1.82) is 0 Å². The second-order valence-electron chi connectivity index (χ2n) is 8.89. The number of likely N-dealkylation sites (N-methyl/N-ethyl adjacent to an activating group) is 1. The number of amides is 3. The lowest BCUT2D eigenvalue weighted by atomic mass is 10.0. The largest absolute Gasteiger partial charge is 0.491 e. The molecule has 2 N–H and O–H groups in total. The number of benzene rings is 1. The van der Waals surface area contributed by atoms with Crippen LogP contribution in [0, 0.1) is 5.92 Å². The van der Waals surface area contributed by atoms with Gasteiger partial charge in [0.25, 0.3) is 5.91 Å². The SMILES string of the molecule is CO[C@H]1CN(C)C(=O)c2cc(NC(=O)NC(C)C)ccc2OC[C@H](C)N(S(C)(=O)=O)C[C@H]1C. The molecule has 10 nitrogen and oxygen atoms in total. The van der Waals surface area contributed by atoms with Gasteiger partial charge in [-0.15, -0.1) is 0 Å². The smallest absolute Gasteiger partial charge is 0.319 e. The minimum absolute atomic E-state index is 0.0439. The number of nitrogens with zero attached hydrogens (tertiary/aromatic N) is 2. The number of sulfonamides is 1. The maximum absolute atomic E-state index is 13.3. The van der Waals surface area contributed by atoms with Crippen LogP contribution in [0.4, 0.5) is 10.5 Å². The Kier molecular flexibility index (Phi) is 9.10. The Hall–Kier alpha value is -2.37. The number of hydrogen-bond acceptors (Lipinski definition) is 6. The Morgan fingerprint density at radius 2 is 1.91 bits per heavy atom. The molecular formula is C22H36N4O6S. The van der Waals surface area contributed by atoms with Crippen molar-refractivity contribution in [2.24, 2.45) is 5.92 Å². The summed E-state index contributed by atoms with van der Waals surface area (Å²) in [5.74, 6) is -0.154. The minimum atomic E-state index is -3.50. The molecule has 1 aromatic rings. The zero-order chi connectivity index (χ0) is 24.9. The average molecular weight is 485 g/mol. The lowest BCUT2D eigenvalue weighted by Crippen LogP contribution is -2.48. The van der Waals surface area contributed by atoms with E-state index in [9.17, 15) is 18.0 Å². The number of nitrogens with one attached hydrogen (secondary N) is 2. The zero-order valence-electron chi connectivity index (χ0n) is 20.4. The fraction of sp³-hybridized carbons (Fsp3) is 0.636. The van der Waals surface area contributed by atoms with E-state index in [1.54, 1.807) is 39.3 Å². The summed E-state index contributed by atoms with van der Waals surface area (Å²) in [4.78, 5) is 26.9. The number of fused-ring (bicyclic) bond motifs is 1. The number of carbonyl (C=O) groups excluding carboxylic acids is 2. The quantitative estimate of drug-likeness (QED) is 0.675. The van der Waals surface area contributed by atoms with E-state index in [4.69, 9.17) is 9.47 Å². The van der Waals surface area contributed by atoms with Gasteiger partial charge in [-0.05, 0) is 44.9 Å². The molecule has 1 aliphatic rings. The van der Waals surface area contributed by atoms with Crippen LogP contribution in [0.25, 0.3) is 0 Å². The van der Waals surface area contributed by atoms with Gasteiger partial charge in [-0.2, -0.15) is 4.31 Å². The first kappa shape index (κ1) is 26.9. The zero-order valence-corrected chi connectivity index (χ0v) is 21.2. The number of hydrogen-bond donors (Lipinski definition) is 2. The van der Waals surface area contributed by atoms with E-state index in [1.807, 2.05) is 20.8 Å². The normalized spacial score (nSPS) is 23.2. The van der Waals surface area contributed by atoms with Crippen LogP contribution in [0.3, 0.4) is 0 Å². The molecule has 2 rings (SSSR count). The summed E-state index contributed by atoms with van der Waals surface area (Å²) in [6.07, 6.45) is 0.797. The monoisotopic (exact) mass is 484 g/mol. The van der Waals surface area contributed by atoms with Crippen molar-refractivity contribution in [1.82, 2.24) is 14.5 Å². The van der Waals surface area contributed by atoms with Crippen LogP contribution < -0.4 is 15.4 Å². The molecule has 1 heterocycles. The molecule has 33 heavy (non-hydrogen) atoms. The van der Waals surface area contributed by atoms with Crippen molar-refractivity contribution < 1.29 is 27.5 Å². The third-order valence-electron chi connectivity index (χ3n) is 5.49. The number of urea groups is 1. The highest BCUT2D eigenvalue weighted by Crippen LogP contribution is 2.27. The summed E-state index contributed by atoms with van der Waals surface area (Å²) in [6, 6.07) is 3.91. The molecular weight excluding hydrogens is 448 g/mol. The maximum Gasteiger partial charge on any atom is 0.319 e. The van der Waals surface area contributed by atoms with Crippen molar-refractivity contribution in [2.45, 2.75) is 45.9 Å². The molecule has 0 saturated carbocycles. The van der Waals surface area contributed by atoms with Crippen LogP contribution in [0.2, 0.25) is 0 Å². The summed E-state index contributed by atoms with van der Waals surface area (Å²) >= 11 is 0. The summed E-state index contributed by atoms with van der Waals surface area (Å²) in [5.41, 5.74) is 0.702.